The minimum absolute atomic E-state index is 0.189. The second-order valence-electron chi connectivity index (χ2n) is 8.92. The summed E-state index contributed by atoms with van der Waals surface area (Å²) in [5.74, 6) is -0.00207. The number of likely N-dealkylation sites (tertiary alicyclic amines) is 2. The molecule has 6 nitrogen and oxygen atoms in total. The number of hydrogen-bond acceptors (Lipinski definition) is 5. The molecule has 0 aliphatic carbocycles. The molecule has 2 atom stereocenters. The molecule has 0 unspecified atom stereocenters. The third-order valence-corrected chi connectivity index (χ3v) is 5.57. The van der Waals surface area contributed by atoms with Crippen molar-refractivity contribution in [2.75, 3.05) is 32.8 Å². The third-order valence-electron chi connectivity index (χ3n) is 5.57. The molecule has 0 spiro atoms. The number of carbonyl (C=O) groups is 2. The van der Waals surface area contributed by atoms with Gasteiger partial charge in [0.15, 0.2) is 0 Å². The van der Waals surface area contributed by atoms with Crippen LogP contribution in [0.3, 0.4) is 0 Å². The summed E-state index contributed by atoms with van der Waals surface area (Å²) in [6.45, 7) is 11.0. The van der Waals surface area contributed by atoms with Crippen LogP contribution in [-0.2, 0) is 20.8 Å². The van der Waals surface area contributed by atoms with Gasteiger partial charge in [-0.1, -0.05) is 30.3 Å². The van der Waals surface area contributed by atoms with Gasteiger partial charge in [0.2, 0.25) is 0 Å². The molecule has 28 heavy (non-hydrogen) atoms. The number of esters is 1. The first kappa shape index (κ1) is 20.6. The molecule has 2 aliphatic heterocycles. The molecule has 154 valence electrons. The van der Waals surface area contributed by atoms with Crippen LogP contribution < -0.4 is 0 Å². The van der Waals surface area contributed by atoms with Crippen molar-refractivity contribution in [1.82, 2.24) is 9.80 Å². The first-order valence-corrected chi connectivity index (χ1v) is 10.1. The molecule has 1 aromatic carbocycles. The number of ether oxygens (including phenoxy) is 2. The highest BCUT2D eigenvalue weighted by Crippen LogP contribution is 2.44. The van der Waals surface area contributed by atoms with Crippen LogP contribution in [0.4, 0.5) is 4.79 Å². The van der Waals surface area contributed by atoms with Crippen molar-refractivity contribution < 1.29 is 19.1 Å². The molecule has 1 amide bonds. The Labute approximate surface area is 167 Å². The lowest BCUT2D eigenvalue weighted by molar-refractivity contribution is -0.160. The number of rotatable bonds is 4. The summed E-state index contributed by atoms with van der Waals surface area (Å²) in [7, 11) is 0. The number of piperidine rings is 1. The summed E-state index contributed by atoms with van der Waals surface area (Å²) in [5.41, 5.74) is -0.0101. The highest BCUT2D eigenvalue weighted by Gasteiger charge is 2.56. The molecule has 2 aliphatic rings. The van der Waals surface area contributed by atoms with E-state index in [9.17, 15) is 9.59 Å². The maximum atomic E-state index is 13.0. The first-order chi connectivity index (χ1) is 13.2. The second kappa shape index (κ2) is 8.11. The molecule has 0 saturated carbocycles. The molecule has 3 rings (SSSR count). The molecule has 0 bridgehead atoms. The Morgan fingerprint density at radius 2 is 1.89 bits per heavy atom. The van der Waals surface area contributed by atoms with E-state index in [0.29, 0.717) is 26.2 Å². The van der Waals surface area contributed by atoms with E-state index < -0.39 is 11.0 Å². The van der Waals surface area contributed by atoms with Gasteiger partial charge in [-0.25, -0.2) is 4.79 Å². The van der Waals surface area contributed by atoms with E-state index in [4.69, 9.17) is 9.47 Å². The number of benzene rings is 1. The molecular weight excluding hydrogens is 356 g/mol. The van der Waals surface area contributed by atoms with Crippen LogP contribution in [0.15, 0.2) is 30.3 Å². The molecule has 0 aromatic heterocycles. The topological polar surface area (TPSA) is 59.1 Å². The van der Waals surface area contributed by atoms with E-state index in [1.54, 1.807) is 4.90 Å². The van der Waals surface area contributed by atoms with E-state index in [0.717, 1.165) is 19.5 Å². The van der Waals surface area contributed by atoms with E-state index in [2.05, 4.69) is 17.0 Å². The van der Waals surface area contributed by atoms with Crippen molar-refractivity contribution >= 4 is 12.1 Å². The first-order valence-electron chi connectivity index (χ1n) is 10.1. The molecule has 0 N–H and O–H groups in total. The summed E-state index contributed by atoms with van der Waals surface area (Å²) in [6.07, 6.45) is 0.430. The SMILES string of the molecule is CCOC(=O)[C@@]12CN(Cc3ccccc3)C[C@@H]1CCN(C(=O)OC(C)(C)C)C2. The van der Waals surface area contributed by atoms with Crippen molar-refractivity contribution in [1.29, 1.82) is 0 Å². The quantitative estimate of drug-likeness (QED) is 0.741. The van der Waals surface area contributed by atoms with Gasteiger partial charge in [0.1, 0.15) is 11.0 Å². The van der Waals surface area contributed by atoms with Gasteiger partial charge in [-0.3, -0.25) is 9.69 Å². The fourth-order valence-corrected chi connectivity index (χ4v) is 4.37. The van der Waals surface area contributed by atoms with Gasteiger partial charge in [0.05, 0.1) is 6.61 Å². The minimum Gasteiger partial charge on any atom is -0.465 e. The fourth-order valence-electron chi connectivity index (χ4n) is 4.37. The van der Waals surface area contributed by atoms with Gasteiger partial charge in [0, 0.05) is 32.7 Å². The Hall–Kier alpha value is -2.08. The van der Waals surface area contributed by atoms with Crippen LogP contribution in [0, 0.1) is 11.3 Å². The van der Waals surface area contributed by atoms with Gasteiger partial charge in [-0.2, -0.15) is 0 Å². The Kier molecular flexibility index (Phi) is 5.98. The van der Waals surface area contributed by atoms with E-state index in [1.807, 2.05) is 45.9 Å². The summed E-state index contributed by atoms with van der Waals surface area (Å²) in [5, 5.41) is 0. The van der Waals surface area contributed by atoms with E-state index in [1.165, 1.54) is 5.56 Å². The average Bonchev–Trinajstić information content (AvgIpc) is 2.99. The fraction of sp³-hybridized carbons (Fsp3) is 0.636. The zero-order valence-corrected chi connectivity index (χ0v) is 17.4. The van der Waals surface area contributed by atoms with Gasteiger partial charge in [-0.15, -0.1) is 0 Å². The van der Waals surface area contributed by atoms with Gasteiger partial charge < -0.3 is 14.4 Å². The lowest BCUT2D eigenvalue weighted by atomic mass is 9.73. The minimum atomic E-state index is -0.681. The van der Waals surface area contributed by atoms with Crippen LogP contribution >= 0.6 is 0 Å². The highest BCUT2D eigenvalue weighted by molar-refractivity contribution is 5.80. The van der Waals surface area contributed by atoms with E-state index >= 15 is 0 Å². The number of carbonyl (C=O) groups excluding carboxylic acids is 2. The zero-order valence-electron chi connectivity index (χ0n) is 17.4. The predicted molar refractivity (Wildman–Crippen MR) is 107 cm³/mol. The molecule has 2 heterocycles. The van der Waals surface area contributed by atoms with Crippen molar-refractivity contribution in [2.24, 2.45) is 11.3 Å². The molecular formula is C22H32N2O4. The van der Waals surface area contributed by atoms with Crippen LogP contribution in [0.2, 0.25) is 0 Å². The van der Waals surface area contributed by atoms with E-state index in [-0.39, 0.29) is 18.0 Å². The van der Waals surface area contributed by atoms with Crippen LogP contribution in [-0.4, -0.2) is 60.2 Å². The van der Waals surface area contributed by atoms with Crippen molar-refractivity contribution in [3.63, 3.8) is 0 Å². The Balaban J connectivity index is 1.78. The van der Waals surface area contributed by atoms with Gasteiger partial charge in [-0.05, 0) is 45.6 Å². The number of amides is 1. The van der Waals surface area contributed by atoms with Gasteiger partial charge in [0.25, 0.3) is 0 Å². The number of nitrogens with zero attached hydrogens (tertiary/aromatic N) is 2. The van der Waals surface area contributed by atoms with Gasteiger partial charge >= 0.3 is 12.1 Å². The number of fused-ring (bicyclic) bond motifs is 1. The molecule has 2 saturated heterocycles. The smallest absolute Gasteiger partial charge is 0.410 e. The number of hydrogen-bond donors (Lipinski definition) is 0. The maximum Gasteiger partial charge on any atom is 0.410 e. The van der Waals surface area contributed by atoms with Crippen molar-refractivity contribution in [3.8, 4) is 0 Å². The summed E-state index contributed by atoms with van der Waals surface area (Å²) in [6, 6.07) is 10.3. The van der Waals surface area contributed by atoms with Crippen LogP contribution in [0.25, 0.3) is 0 Å². The third kappa shape index (κ3) is 4.49. The molecule has 2 fully saturated rings. The molecule has 6 heteroatoms. The standard InChI is InChI=1S/C22H32N2O4/c1-5-27-19(25)22-15-23(13-17-9-7-6-8-10-17)14-18(22)11-12-24(16-22)20(26)28-21(2,3)4/h6-10,18H,5,11-16H2,1-4H3/t18-,22+/m0/s1. The predicted octanol–water partition coefficient (Wildman–Crippen LogP) is 3.31. The summed E-state index contributed by atoms with van der Waals surface area (Å²) in [4.78, 5) is 29.7. The zero-order chi connectivity index (χ0) is 20.4. The monoisotopic (exact) mass is 388 g/mol. The highest BCUT2D eigenvalue weighted by atomic mass is 16.6. The van der Waals surface area contributed by atoms with Crippen LogP contribution in [0.5, 0.6) is 0 Å². The Morgan fingerprint density at radius 1 is 1.18 bits per heavy atom. The summed E-state index contributed by atoms with van der Waals surface area (Å²) >= 11 is 0. The van der Waals surface area contributed by atoms with Crippen LogP contribution in [0.1, 0.15) is 39.7 Å². The molecule has 1 aromatic rings. The lowest BCUT2D eigenvalue weighted by Crippen LogP contribution is -2.56. The largest absolute Gasteiger partial charge is 0.465 e. The Bertz CT molecular complexity index is 700. The normalized spacial score (nSPS) is 25.3. The molecule has 0 radical (unpaired) electrons. The maximum absolute atomic E-state index is 13.0. The summed E-state index contributed by atoms with van der Waals surface area (Å²) < 4.78 is 11.0. The van der Waals surface area contributed by atoms with Crippen molar-refractivity contribution in [2.45, 2.75) is 46.3 Å². The van der Waals surface area contributed by atoms with Crippen molar-refractivity contribution in [3.05, 3.63) is 35.9 Å². The second-order valence-corrected chi connectivity index (χ2v) is 8.92. The Morgan fingerprint density at radius 3 is 2.54 bits per heavy atom. The average molecular weight is 389 g/mol. The lowest BCUT2D eigenvalue weighted by Gasteiger charge is -2.42.